The Hall–Kier alpha value is -2.69. The Kier molecular flexibility index (Phi) is 5.68. The van der Waals surface area contributed by atoms with Crippen molar-refractivity contribution in [3.05, 3.63) is 47.5 Å². The Labute approximate surface area is 143 Å². The molecular formula is C19H24N2O3. The SMILES string of the molecule is COc1cccc(OC)c1NC(=O)Nc1c(C)cccc1C(C)C. The number of amides is 2. The van der Waals surface area contributed by atoms with Crippen LogP contribution >= 0.6 is 0 Å². The van der Waals surface area contributed by atoms with Crippen molar-refractivity contribution in [3.63, 3.8) is 0 Å². The van der Waals surface area contributed by atoms with Gasteiger partial charge in [-0.1, -0.05) is 38.1 Å². The van der Waals surface area contributed by atoms with Crippen molar-refractivity contribution in [1.29, 1.82) is 0 Å². The summed E-state index contributed by atoms with van der Waals surface area (Å²) in [6.07, 6.45) is 0. The smallest absolute Gasteiger partial charge is 0.323 e. The fraction of sp³-hybridized carbons (Fsp3) is 0.316. The van der Waals surface area contributed by atoms with Gasteiger partial charge in [0.2, 0.25) is 0 Å². The number of hydrogen-bond acceptors (Lipinski definition) is 3. The van der Waals surface area contributed by atoms with Crippen LogP contribution in [0.3, 0.4) is 0 Å². The number of anilines is 2. The van der Waals surface area contributed by atoms with Crippen LogP contribution in [0, 0.1) is 6.92 Å². The number of para-hydroxylation sites is 2. The zero-order chi connectivity index (χ0) is 17.7. The molecule has 0 aliphatic carbocycles. The van der Waals surface area contributed by atoms with Gasteiger partial charge in [0.25, 0.3) is 0 Å². The number of ether oxygens (including phenoxy) is 2. The van der Waals surface area contributed by atoms with Gasteiger partial charge in [-0.15, -0.1) is 0 Å². The van der Waals surface area contributed by atoms with Gasteiger partial charge in [-0.05, 0) is 36.1 Å². The summed E-state index contributed by atoms with van der Waals surface area (Å²) in [6, 6.07) is 11.0. The number of benzene rings is 2. The van der Waals surface area contributed by atoms with Gasteiger partial charge in [0, 0.05) is 5.69 Å². The fourth-order valence-electron chi connectivity index (χ4n) is 2.58. The van der Waals surface area contributed by atoms with E-state index >= 15 is 0 Å². The molecule has 0 saturated carbocycles. The van der Waals surface area contributed by atoms with Crippen LogP contribution in [-0.2, 0) is 0 Å². The van der Waals surface area contributed by atoms with Crippen LogP contribution in [-0.4, -0.2) is 20.3 Å². The molecule has 0 unspecified atom stereocenters. The van der Waals surface area contributed by atoms with Crippen molar-refractivity contribution >= 4 is 17.4 Å². The summed E-state index contributed by atoms with van der Waals surface area (Å²) >= 11 is 0. The van der Waals surface area contributed by atoms with E-state index in [9.17, 15) is 4.79 Å². The zero-order valence-electron chi connectivity index (χ0n) is 14.8. The molecule has 0 saturated heterocycles. The number of carbonyl (C=O) groups is 1. The van der Waals surface area contributed by atoms with E-state index in [0.29, 0.717) is 23.1 Å². The molecule has 0 spiro atoms. The maximum absolute atomic E-state index is 12.5. The molecule has 0 atom stereocenters. The van der Waals surface area contributed by atoms with Crippen LogP contribution in [0.1, 0.15) is 30.9 Å². The highest BCUT2D eigenvalue weighted by molar-refractivity contribution is 6.02. The first-order valence-electron chi connectivity index (χ1n) is 7.86. The van der Waals surface area contributed by atoms with Crippen molar-refractivity contribution in [3.8, 4) is 11.5 Å². The summed E-state index contributed by atoms with van der Waals surface area (Å²) in [4.78, 5) is 12.5. The van der Waals surface area contributed by atoms with Crippen LogP contribution in [0.25, 0.3) is 0 Å². The van der Waals surface area contributed by atoms with E-state index < -0.39 is 0 Å². The summed E-state index contributed by atoms with van der Waals surface area (Å²) < 4.78 is 10.6. The van der Waals surface area contributed by atoms with Crippen molar-refractivity contribution in [2.24, 2.45) is 0 Å². The van der Waals surface area contributed by atoms with E-state index in [0.717, 1.165) is 16.8 Å². The molecule has 0 heterocycles. The Morgan fingerprint density at radius 1 is 0.917 bits per heavy atom. The van der Waals surface area contributed by atoms with Crippen LogP contribution in [0.2, 0.25) is 0 Å². The van der Waals surface area contributed by atoms with Crippen LogP contribution in [0.15, 0.2) is 36.4 Å². The molecule has 0 aliphatic heterocycles. The molecule has 128 valence electrons. The van der Waals surface area contributed by atoms with Gasteiger partial charge in [-0.2, -0.15) is 0 Å². The lowest BCUT2D eigenvalue weighted by Crippen LogP contribution is -2.22. The largest absolute Gasteiger partial charge is 0.494 e. The molecule has 0 radical (unpaired) electrons. The van der Waals surface area contributed by atoms with Gasteiger partial charge < -0.3 is 20.1 Å². The quantitative estimate of drug-likeness (QED) is 0.830. The van der Waals surface area contributed by atoms with E-state index in [1.165, 1.54) is 0 Å². The molecule has 0 bridgehead atoms. The van der Waals surface area contributed by atoms with Crippen LogP contribution in [0.5, 0.6) is 11.5 Å². The lowest BCUT2D eigenvalue weighted by atomic mass is 9.98. The molecule has 2 aromatic rings. The minimum absolute atomic E-state index is 0.306. The lowest BCUT2D eigenvalue weighted by Gasteiger charge is -2.18. The molecule has 2 N–H and O–H groups in total. The van der Waals surface area contributed by atoms with Gasteiger partial charge in [0.1, 0.15) is 17.2 Å². The Bertz CT molecular complexity index is 698. The first-order chi connectivity index (χ1) is 11.5. The monoisotopic (exact) mass is 328 g/mol. The van der Waals surface area contributed by atoms with Gasteiger partial charge in [-0.3, -0.25) is 0 Å². The van der Waals surface area contributed by atoms with E-state index in [-0.39, 0.29) is 6.03 Å². The van der Waals surface area contributed by atoms with E-state index in [1.54, 1.807) is 32.4 Å². The highest BCUT2D eigenvalue weighted by atomic mass is 16.5. The van der Waals surface area contributed by atoms with Gasteiger partial charge in [0.15, 0.2) is 0 Å². The van der Waals surface area contributed by atoms with Crippen LogP contribution < -0.4 is 20.1 Å². The molecule has 2 aromatic carbocycles. The van der Waals surface area contributed by atoms with E-state index in [4.69, 9.17) is 9.47 Å². The summed E-state index contributed by atoms with van der Waals surface area (Å²) in [5, 5.41) is 5.77. The van der Waals surface area contributed by atoms with E-state index in [2.05, 4.69) is 24.5 Å². The van der Waals surface area contributed by atoms with Crippen molar-refractivity contribution in [2.75, 3.05) is 24.9 Å². The second kappa shape index (κ2) is 7.73. The highest BCUT2D eigenvalue weighted by Gasteiger charge is 2.16. The average Bonchev–Trinajstić information content (AvgIpc) is 2.56. The third-order valence-electron chi connectivity index (χ3n) is 3.83. The second-order valence-corrected chi connectivity index (χ2v) is 5.81. The number of aryl methyl sites for hydroxylation is 1. The molecule has 24 heavy (non-hydrogen) atoms. The topological polar surface area (TPSA) is 59.6 Å². The molecule has 5 heteroatoms. The Morgan fingerprint density at radius 2 is 1.46 bits per heavy atom. The molecule has 0 aliphatic rings. The maximum Gasteiger partial charge on any atom is 0.323 e. The third kappa shape index (κ3) is 3.79. The minimum Gasteiger partial charge on any atom is -0.494 e. The number of hydrogen-bond donors (Lipinski definition) is 2. The number of rotatable bonds is 5. The zero-order valence-corrected chi connectivity index (χ0v) is 14.8. The van der Waals surface area contributed by atoms with Crippen LogP contribution in [0.4, 0.5) is 16.2 Å². The number of carbonyl (C=O) groups excluding carboxylic acids is 1. The first-order valence-corrected chi connectivity index (χ1v) is 7.86. The maximum atomic E-state index is 12.5. The van der Waals surface area contributed by atoms with E-state index in [1.807, 2.05) is 25.1 Å². The number of methoxy groups -OCH3 is 2. The molecular weight excluding hydrogens is 304 g/mol. The van der Waals surface area contributed by atoms with Gasteiger partial charge in [-0.25, -0.2) is 4.79 Å². The standard InChI is InChI=1S/C19H24N2O3/c1-12(2)14-9-6-8-13(3)17(14)20-19(22)21-18-15(23-4)10-7-11-16(18)24-5/h6-12H,1-5H3,(H2,20,21,22). The molecule has 5 nitrogen and oxygen atoms in total. The van der Waals surface area contributed by atoms with Crippen molar-refractivity contribution in [1.82, 2.24) is 0 Å². The van der Waals surface area contributed by atoms with Crippen molar-refractivity contribution in [2.45, 2.75) is 26.7 Å². The number of nitrogens with one attached hydrogen (secondary N) is 2. The highest BCUT2D eigenvalue weighted by Crippen LogP contribution is 2.34. The summed E-state index contributed by atoms with van der Waals surface area (Å²) in [6.45, 7) is 6.17. The molecule has 2 amide bonds. The lowest BCUT2D eigenvalue weighted by molar-refractivity contribution is 0.262. The Morgan fingerprint density at radius 3 is 2.00 bits per heavy atom. The average molecular weight is 328 g/mol. The van der Waals surface area contributed by atoms with Gasteiger partial charge in [0.05, 0.1) is 14.2 Å². The normalized spacial score (nSPS) is 10.4. The third-order valence-corrected chi connectivity index (χ3v) is 3.83. The summed E-state index contributed by atoms with van der Waals surface area (Å²) in [5.74, 6) is 1.39. The predicted molar refractivity (Wildman–Crippen MR) is 97.5 cm³/mol. The van der Waals surface area contributed by atoms with Crippen molar-refractivity contribution < 1.29 is 14.3 Å². The summed E-state index contributed by atoms with van der Waals surface area (Å²) in [5.41, 5.74) is 3.44. The predicted octanol–water partition coefficient (Wildman–Crippen LogP) is 4.78. The molecule has 0 fully saturated rings. The molecule has 2 rings (SSSR count). The fourth-order valence-corrected chi connectivity index (χ4v) is 2.58. The van der Waals surface area contributed by atoms with Gasteiger partial charge >= 0.3 is 6.03 Å². The minimum atomic E-state index is -0.339. The molecule has 0 aromatic heterocycles. The first kappa shape index (κ1) is 17.7. The summed E-state index contributed by atoms with van der Waals surface area (Å²) in [7, 11) is 3.10. The Balaban J connectivity index is 2.27. The second-order valence-electron chi connectivity index (χ2n) is 5.81. The number of urea groups is 1.